The molecule has 0 aliphatic heterocycles. The minimum absolute atomic E-state index is 0.00607. The molecule has 5 rings (SSSR count). The van der Waals surface area contributed by atoms with Gasteiger partial charge in [-0.05, 0) is 55.9 Å². The van der Waals surface area contributed by atoms with Gasteiger partial charge in [0.1, 0.15) is 5.75 Å². The van der Waals surface area contributed by atoms with Gasteiger partial charge in [0.25, 0.3) is 0 Å². The topological polar surface area (TPSA) is 63.6 Å². The highest BCUT2D eigenvalue weighted by atomic mass is 28.4. The second kappa shape index (κ2) is 8.64. The lowest BCUT2D eigenvalue weighted by Crippen LogP contribution is -2.56. The Bertz CT molecular complexity index is 1240. The number of carbonyl (C=O) groups excluding carboxylic acids is 2. The van der Waals surface area contributed by atoms with Crippen molar-refractivity contribution in [2.24, 2.45) is 17.8 Å². The van der Waals surface area contributed by atoms with Crippen LogP contribution in [-0.4, -0.2) is 39.2 Å². The number of benzene rings is 2. The number of aromatic hydroxyl groups is 1. The number of hydrogen-bond donors (Lipinski definition) is 1. The van der Waals surface area contributed by atoms with Crippen LogP contribution in [0, 0.1) is 17.8 Å². The second-order valence-electron chi connectivity index (χ2n) is 12.8. The van der Waals surface area contributed by atoms with E-state index >= 15 is 0 Å². The molecule has 3 aliphatic carbocycles. The van der Waals surface area contributed by atoms with E-state index in [9.17, 15) is 14.7 Å². The van der Waals surface area contributed by atoms with Crippen molar-refractivity contribution in [2.45, 2.75) is 70.1 Å². The van der Waals surface area contributed by atoms with Gasteiger partial charge in [0.2, 0.25) is 0 Å². The van der Waals surface area contributed by atoms with E-state index in [4.69, 9.17) is 4.43 Å². The number of carbonyl (C=O) groups is 2. The Morgan fingerprint density at radius 3 is 2.28 bits per heavy atom. The Morgan fingerprint density at radius 1 is 0.917 bits per heavy atom. The highest BCUT2D eigenvalue weighted by Gasteiger charge is 2.56. The molecule has 4 nitrogen and oxygen atoms in total. The molecule has 0 radical (unpaired) electrons. The Hall–Kier alpha value is -2.29. The Morgan fingerprint density at radius 2 is 1.61 bits per heavy atom. The van der Waals surface area contributed by atoms with Gasteiger partial charge in [-0.25, -0.2) is 0 Å². The maximum Gasteiger partial charge on any atom is 0.184 e. The van der Waals surface area contributed by atoms with Gasteiger partial charge in [0, 0.05) is 11.5 Å². The third kappa shape index (κ3) is 3.98. The fourth-order valence-corrected chi connectivity index (χ4v) is 11.1. The third-order valence-electron chi connectivity index (χ3n) is 9.28. The first-order chi connectivity index (χ1) is 16.8. The zero-order chi connectivity index (χ0) is 26.0. The molecule has 1 fully saturated rings. The number of Topliss-reactive ketones (excluding diaryl/α,β-unsaturated/α-hetero) is 2. The van der Waals surface area contributed by atoms with Crippen LogP contribution < -0.4 is 5.19 Å². The van der Waals surface area contributed by atoms with Crippen LogP contribution in [0.15, 0.2) is 60.2 Å². The molecule has 0 aromatic heterocycles. The van der Waals surface area contributed by atoms with Crippen molar-refractivity contribution >= 4 is 33.1 Å². The molecule has 2 aromatic carbocycles. The normalized spacial score (nSPS) is 30.2. The lowest BCUT2D eigenvalue weighted by molar-refractivity contribution is 0.0425. The van der Waals surface area contributed by atoms with Crippen molar-refractivity contribution in [1.29, 1.82) is 0 Å². The van der Waals surface area contributed by atoms with E-state index in [1.54, 1.807) is 12.1 Å². The number of rotatable bonds is 4. The molecule has 1 N–H and O–H groups in total. The first kappa shape index (κ1) is 25.4. The van der Waals surface area contributed by atoms with E-state index < -0.39 is 34.3 Å². The van der Waals surface area contributed by atoms with Gasteiger partial charge in [0.05, 0.1) is 25.7 Å². The van der Waals surface area contributed by atoms with Crippen LogP contribution in [0.5, 0.6) is 5.75 Å². The number of hydrogen-bond acceptors (Lipinski definition) is 4. The molecule has 0 amide bonds. The molecular weight excluding hydrogens is 480 g/mol. The van der Waals surface area contributed by atoms with Gasteiger partial charge in [-0.15, -0.1) is 0 Å². The number of allylic oxidation sites excluding steroid dienone is 1. The number of fused-ring (bicyclic) bond motifs is 4. The van der Waals surface area contributed by atoms with E-state index in [1.165, 1.54) is 16.8 Å². The molecule has 0 spiro atoms. The minimum Gasteiger partial charge on any atom is -0.507 e. The van der Waals surface area contributed by atoms with Gasteiger partial charge in [0.15, 0.2) is 19.9 Å². The summed E-state index contributed by atoms with van der Waals surface area (Å²) in [7, 11) is -3.87. The van der Waals surface area contributed by atoms with Crippen LogP contribution in [-0.2, 0) is 4.43 Å². The van der Waals surface area contributed by atoms with E-state index in [0.29, 0.717) is 5.56 Å². The summed E-state index contributed by atoms with van der Waals surface area (Å²) >= 11 is 0. The van der Waals surface area contributed by atoms with Crippen LogP contribution in [0.3, 0.4) is 0 Å². The Labute approximate surface area is 216 Å². The average Bonchev–Trinajstić information content (AvgIpc) is 2.81. The monoisotopic (exact) mass is 518 g/mol. The molecule has 190 valence electrons. The predicted octanol–water partition coefficient (Wildman–Crippen LogP) is 6.34. The van der Waals surface area contributed by atoms with Crippen molar-refractivity contribution in [3.63, 3.8) is 0 Å². The molecule has 6 heteroatoms. The number of phenols is 1. The summed E-state index contributed by atoms with van der Waals surface area (Å²) in [5.41, 5.74) is 1.86. The van der Waals surface area contributed by atoms with Gasteiger partial charge < -0.3 is 9.53 Å². The van der Waals surface area contributed by atoms with Gasteiger partial charge in [-0.2, -0.15) is 0 Å². The fraction of sp³-hybridized carbons (Fsp3) is 0.467. The summed E-state index contributed by atoms with van der Waals surface area (Å²) in [6.45, 7) is 13.8. The first-order valence-electron chi connectivity index (χ1n) is 13.2. The van der Waals surface area contributed by atoms with Crippen molar-refractivity contribution in [2.75, 3.05) is 0 Å². The predicted molar refractivity (Wildman–Crippen MR) is 149 cm³/mol. The quantitative estimate of drug-likeness (QED) is 0.379. The van der Waals surface area contributed by atoms with Crippen LogP contribution in [0.25, 0.3) is 0 Å². The summed E-state index contributed by atoms with van der Waals surface area (Å²) in [5.74, 6) is -1.18. The zero-order valence-electron chi connectivity index (χ0n) is 22.3. The summed E-state index contributed by atoms with van der Waals surface area (Å²) in [4.78, 5) is 27.8. The highest BCUT2D eigenvalue weighted by molar-refractivity contribution is 6.92. The van der Waals surface area contributed by atoms with Gasteiger partial charge >= 0.3 is 0 Å². The maximum atomic E-state index is 14.0. The largest absolute Gasteiger partial charge is 0.507 e. The second-order valence-corrected chi connectivity index (χ2v) is 22.3. The lowest BCUT2D eigenvalue weighted by Gasteiger charge is -2.53. The summed E-state index contributed by atoms with van der Waals surface area (Å²) in [6, 6.07) is 15.8. The van der Waals surface area contributed by atoms with E-state index in [2.05, 4.69) is 76.1 Å². The lowest BCUT2D eigenvalue weighted by atomic mass is 9.58. The average molecular weight is 519 g/mol. The van der Waals surface area contributed by atoms with Gasteiger partial charge in [-0.1, -0.05) is 79.3 Å². The first-order valence-corrected chi connectivity index (χ1v) is 19.6. The molecule has 0 heterocycles. The van der Waals surface area contributed by atoms with Gasteiger partial charge in [-0.3, -0.25) is 9.59 Å². The SMILES string of the molecule is CC1([Si](C)(C)c2ccccc2)CCC2C(=CC(O[Si](C)(C)C)C3C(=O)c4c(O)cccc4C(=O)C23)C1. The minimum atomic E-state index is -2.02. The van der Waals surface area contributed by atoms with Crippen LogP contribution in [0.1, 0.15) is 46.9 Å². The number of phenolic OH excluding ortho intramolecular Hbond substituents is 1. The van der Waals surface area contributed by atoms with Crippen molar-refractivity contribution in [3.05, 3.63) is 71.3 Å². The molecule has 5 atom stereocenters. The standard InChI is InChI=1S/C30H38O4Si2/c1-30(36(5,6)20-11-8-7-9-12-20)16-15-21-19(18-30)17-24(34-35(2,3)4)27-26(21)28(32)22-13-10-14-23(31)25(22)29(27)33/h7-14,17,21,24,26-27,31H,15-16,18H2,1-6H3. The summed E-state index contributed by atoms with van der Waals surface area (Å²) in [5, 5.41) is 12.1. The van der Waals surface area contributed by atoms with E-state index in [1.807, 2.05) is 0 Å². The van der Waals surface area contributed by atoms with Crippen molar-refractivity contribution in [3.8, 4) is 5.75 Å². The molecule has 36 heavy (non-hydrogen) atoms. The number of ketones is 2. The molecule has 2 aromatic rings. The zero-order valence-corrected chi connectivity index (χ0v) is 24.3. The van der Waals surface area contributed by atoms with E-state index in [0.717, 1.165) is 19.3 Å². The Kier molecular flexibility index (Phi) is 6.09. The molecule has 0 bridgehead atoms. The molecular formula is C30H38O4Si2. The van der Waals surface area contributed by atoms with Crippen LogP contribution >= 0.6 is 0 Å². The molecule has 1 saturated carbocycles. The summed E-state index contributed by atoms with van der Waals surface area (Å²) < 4.78 is 6.63. The van der Waals surface area contributed by atoms with Crippen LogP contribution in [0.4, 0.5) is 0 Å². The van der Waals surface area contributed by atoms with E-state index in [-0.39, 0.29) is 33.8 Å². The maximum absolute atomic E-state index is 14.0. The Balaban J connectivity index is 1.59. The highest BCUT2D eigenvalue weighted by Crippen LogP contribution is 2.58. The smallest absolute Gasteiger partial charge is 0.184 e. The summed E-state index contributed by atoms with van der Waals surface area (Å²) in [6.07, 6.45) is 4.67. The third-order valence-corrected chi connectivity index (χ3v) is 15.5. The molecule has 0 saturated heterocycles. The molecule has 3 aliphatic rings. The van der Waals surface area contributed by atoms with Crippen molar-refractivity contribution in [1.82, 2.24) is 0 Å². The van der Waals surface area contributed by atoms with Crippen molar-refractivity contribution < 1.29 is 19.1 Å². The fourth-order valence-electron chi connectivity index (χ4n) is 6.95. The van der Waals surface area contributed by atoms with Crippen LogP contribution in [0.2, 0.25) is 37.8 Å². The molecule has 5 unspecified atom stereocenters.